The van der Waals surface area contributed by atoms with Gasteiger partial charge in [-0.25, -0.2) is 9.37 Å². The molecule has 102 valence electrons. The predicted molar refractivity (Wildman–Crippen MR) is 74.6 cm³/mol. The third-order valence-electron chi connectivity index (χ3n) is 3.40. The number of nitrogens with zero attached hydrogens (tertiary/aromatic N) is 2. The van der Waals surface area contributed by atoms with Crippen molar-refractivity contribution in [1.82, 2.24) is 14.9 Å². The SMILES string of the molecule is CCn1ccnc1CC(Cc1ccccc1F)NC. The van der Waals surface area contributed by atoms with Gasteiger partial charge in [-0.1, -0.05) is 18.2 Å². The lowest BCUT2D eigenvalue weighted by Gasteiger charge is -2.17. The normalized spacial score (nSPS) is 12.6. The fraction of sp³-hybridized carbons (Fsp3) is 0.400. The van der Waals surface area contributed by atoms with Crippen molar-refractivity contribution >= 4 is 0 Å². The molecule has 19 heavy (non-hydrogen) atoms. The fourth-order valence-electron chi connectivity index (χ4n) is 2.24. The summed E-state index contributed by atoms with van der Waals surface area (Å²) in [4.78, 5) is 4.37. The second-order valence-corrected chi connectivity index (χ2v) is 4.61. The molecule has 1 N–H and O–H groups in total. The number of halogens is 1. The zero-order chi connectivity index (χ0) is 13.7. The Balaban J connectivity index is 2.07. The monoisotopic (exact) mass is 261 g/mol. The van der Waals surface area contributed by atoms with E-state index in [0.717, 1.165) is 24.4 Å². The minimum absolute atomic E-state index is 0.137. The molecule has 3 nitrogen and oxygen atoms in total. The van der Waals surface area contributed by atoms with Gasteiger partial charge in [-0.05, 0) is 32.0 Å². The lowest BCUT2D eigenvalue weighted by Crippen LogP contribution is -2.31. The first-order valence-electron chi connectivity index (χ1n) is 6.65. The van der Waals surface area contributed by atoms with Gasteiger partial charge < -0.3 is 9.88 Å². The molecule has 2 aromatic rings. The Morgan fingerprint density at radius 2 is 2.11 bits per heavy atom. The molecule has 1 atom stereocenters. The van der Waals surface area contributed by atoms with E-state index < -0.39 is 0 Å². The van der Waals surface area contributed by atoms with Gasteiger partial charge in [0.2, 0.25) is 0 Å². The van der Waals surface area contributed by atoms with Gasteiger partial charge in [0.15, 0.2) is 0 Å². The van der Waals surface area contributed by atoms with E-state index in [2.05, 4.69) is 21.8 Å². The second-order valence-electron chi connectivity index (χ2n) is 4.61. The van der Waals surface area contributed by atoms with Crippen LogP contribution in [0.4, 0.5) is 4.39 Å². The van der Waals surface area contributed by atoms with Gasteiger partial charge in [0.1, 0.15) is 11.6 Å². The molecule has 1 unspecified atom stereocenters. The lowest BCUT2D eigenvalue weighted by atomic mass is 10.0. The molecular weight excluding hydrogens is 241 g/mol. The topological polar surface area (TPSA) is 29.9 Å². The van der Waals surface area contributed by atoms with E-state index in [1.165, 1.54) is 6.07 Å². The Morgan fingerprint density at radius 3 is 2.79 bits per heavy atom. The average molecular weight is 261 g/mol. The summed E-state index contributed by atoms with van der Waals surface area (Å²) in [6.45, 7) is 3.00. The van der Waals surface area contributed by atoms with Crippen molar-refractivity contribution in [2.45, 2.75) is 32.4 Å². The summed E-state index contributed by atoms with van der Waals surface area (Å²) in [7, 11) is 1.91. The maximum absolute atomic E-state index is 13.7. The maximum atomic E-state index is 13.7. The number of hydrogen-bond donors (Lipinski definition) is 1. The van der Waals surface area contributed by atoms with Crippen molar-refractivity contribution in [3.05, 3.63) is 53.9 Å². The number of nitrogens with one attached hydrogen (secondary N) is 1. The number of benzene rings is 1. The highest BCUT2D eigenvalue weighted by Crippen LogP contribution is 2.11. The molecule has 0 bridgehead atoms. The third kappa shape index (κ3) is 3.41. The molecule has 0 saturated carbocycles. The van der Waals surface area contributed by atoms with Gasteiger partial charge >= 0.3 is 0 Å². The molecule has 0 radical (unpaired) electrons. The Bertz CT molecular complexity index is 522. The quantitative estimate of drug-likeness (QED) is 0.865. The van der Waals surface area contributed by atoms with Gasteiger partial charge in [0, 0.05) is 31.4 Å². The average Bonchev–Trinajstić information content (AvgIpc) is 2.87. The third-order valence-corrected chi connectivity index (χ3v) is 3.40. The molecule has 1 heterocycles. The van der Waals surface area contributed by atoms with Crippen molar-refractivity contribution in [3.8, 4) is 0 Å². The van der Waals surface area contributed by atoms with Crippen molar-refractivity contribution < 1.29 is 4.39 Å². The van der Waals surface area contributed by atoms with Gasteiger partial charge in [0.05, 0.1) is 0 Å². The number of likely N-dealkylation sites (N-methyl/N-ethyl adjacent to an activating group) is 1. The van der Waals surface area contributed by atoms with Crippen LogP contribution >= 0.6 is 0 Å². The largest absolute Gasteiger partial charge is 0.335 e. The van der Waals surface area contributed by atoms with Crippen molar-refractivity contribution in [2.75, 3.05) is 7.05 Å². The molecule has 1 aromatic heterocycles. The smallest absolute Gasteiger partial charge is 0.126 e. The van der Waals surface area contributed by atoms with Crippen LogP contribution in [0.2, 0.25) is 0 Å². The van der Waals surface area contributed by atoms with Gasteiger partial charge in [0.25, 0.3) is 0 Å². The van der Waals surface area contributed by atoms with Crippen LogP contribution in [0.3, 0.4) is 0 Å². The zero-order valence-electron chi connectivity index (χ0n) is 11.4. The highest BCUT2D eigenvalue weighted by Gasteiger charge is 2.13. The molecule has 4 heteroatoms. The van der Waals surface area contributed by atoms with E-state index in [-0.39, 0.29) is 11.9 Å². The molecule has 0 spiro atoms. The first-order chi connectivity index (χ1) is 9.24. The summed E-state index contributed by atoms with van der Waals surface area (Å²) in [6.07, 6.45) is 5.26. The van der Waals surface area contributed by atoms with E-state index in [1.807, 2.05) is 31.6 Å². The Hall–Kier alpha value is -1.68. The molecule has 0 fully saturated rings. The van der Waals surface area contributed by atoms with Gasteiger partial charge in [-0.2, -0.15) is 0 Å². The van der Waals surface area contributed by atoms with Gasteiger partial charge in [-0.15, -0.1) is 0 Å². The summed E-state index contributed by atoms with van der Waals surface area (Å²) in [6, 6.07) is 7.13. The number of rotatable bonds is 6. The second kappa shape index (κ2) is 6.48. The van der Waals surface area contributed by atoms with Crippen molar-refractivity contribution in [3.63, 3.8) is 0 Å². The first-order valence-corrected chi connectivity index (χ1v) is 6.65. The number of aromatic nitrogens is 2. The maximum Gasteiger partial charge on any atom is 0.126 e. The lowest BCUT2D eigenvalue weighted by molar-refractivity contribution is 0.511. The molecule has 0 aliphatic heterocycles. The minimum Gasteiger partial charge on any atom is -0.335 e. The highest BCUT2D eigenvalue weighted by molar-refractivity contribution is 5.18. The molecule has 0 amide bonds. The van der Waals surface area contributed by atoms with E-state index in [4.69, 9.17) is 0 Å². The zero-order valence-corrected chi connectivity index (χ0v) is 11.4. The standard InChI is InChI=1S/C15H20FN3/c1-3-19-9-8-18-15(19)11-13(17-2)10-12-6-4-5-7-14(12)16/h4-9,13,17H,3,10-11H2,1-2H3. The number of aryl methyl sites for hydroxylation is 1. The molecule has 0 saturated heterocycles. The molecule has 0 aliphatic carbocycles. The minimum atomic E-state index is -0.137. The summed E-state index contributed by atoms with van der Waals surface area (Å²) >= 11 is 0. The summed E-state index contributed by atoms with van der Waals surface area (Å²) in [5.41, 5.74) is 0.747. The van der Waals surface area contributed by atoms with E-state index in [0.29, 0.717) is 6.42 Å². The number of imidazole rings is 1. The Kier molecular flexibility index (Phi) is 4.68. The van der Waals surface area contributed by atoms with Crippen LogP contribution in [0.25, 0.3) is 0 Å². The van der Waals surface area contributed by atoms with Crippen molar-refractivity contribution in [1.29, 1.82) is 0 Å². The summed E-state index contributed by atoms with van der Waals surface area (Å²) in [5, 5.41) is 3.25. The molecule has 0 aliphatic rings. The van der Waals surface area contributed by atoms with E-state index in [1.54, 1.807) is 6.07 Å². The first kappa shape index (κ1) is 13.7. The van der Waals surface area contributed by atoms with Crippen LogP contribution in [0.15, 0.2) is 36.7 Å². The summed E-state index contributed by atoms with van der Waals surface area (Å²) < 4.78 is 15.8. The van der Waals surface area contributed by atoms with Crippen LogP contribution in [0.5, 0.6) is 0 Å². The van der Waals surface area contributed by atoms with Crippen LogP contribution < -0.4 is 5.32 Å². The van der Waals surface area contributed by atoms with Crippen LogP contribution in [-0.2, 0) is 19.4 Å². The Morgan fingerprint density at radius 1 is 1.32 bits per heavy atom. The molecule has 2 rings (SSSR count). The number of hydrogen-bond acceptors (Lipinski definition) is 2. The van der Waals surface area contributed by atoms with E-state index in [9.17, 15) is 4.39 Å². The van der Waals surface area contributed by atoms with Crippen molar-refractivity contribution in [2.24, 2.45) is 0 Å². The molecule has 1 aromatic carbocycles. The Labute approximate surface area is 113 Å². The van der Waals surface area contributed by atoms with Crippen LogP contribution in [-0.4, -0.2) is 22.6 Å². The highest BCUT2D eigenvalue weighted by atomic mass is 19.1. The van der Waals surface area contributed by atoms with Gasteiger partial charge in [-0.3, -0.25) is 0 Å². The van der Waals surface area contributed by atoms with Crippen LogP contribution in [0.1, 0.15) is 18.3 Å². The van der Waals surface area contributed by atoms with E-state index >= 15 is 0 Å². The summed E-state index contributed by atoms with van der Waals surface area (Å²) in [5.74, 6) is 0.903. The molecular formula is C15H20FN3. The van der Waals surface area contributed by atoms with Crippen LogP contribution in [0, 0.1) is 5.82 Å². The predicted octanol–water partition coefficient (Wildman–Crippen LogP) is 2.42. The fourth-order valence-corrected chi connectivity index (χ4v) is 2.24.